The van der Waals surface area contributed by atoms with Gasteiger partial charge in [-0.2, -0.15) is 0 Å². The van der Waals surface area contributed by atoms with E-state index in [0.29, 0.717) is 46.4 Å². The third-order valence-corrected chi connectivity index (χ3v) is 6.84. The van der Waals surface area contributed by atoms with Gasteiger partial charge in [-0.1, -0.05) is 47.1 Å². The van der Waals surface area contributed by atoms with Crippen molar-refractivity contribution >= 4 is 28.8 Å². The summed E-state index contributed by atoms with van der Waals surface area (Å²) in [5, 5.41) is 29.4. The van der Waals surface area contributed by atoms with Crippen molar-refractivity contribution in [2.45, 2.75) is 65.7 Å². The number of nitrogens with zero attached hydrogens (tertiary/aromatic N) is 4. The summed E-state index contributed by atoms with van der Waals surface area (Å²) in [5.41, 5.74) is 2.83. The first kappa shape index (κ1) is 28.2. The van der Waals surface area contributed by atoms with Crippen molar-refractivity contribution in [3.63, 3.8) is 0 Å². The molecule has 10 nitrogen and oxygen atoms in total. The van der Waals surface area contributed by atoms with Crippen LogP contribution in [0.3, 0.4) is 0 Å². The highest BCUT2D eigenvalue weighted by Crippen LogP contribution is 2.37. The first-order valence-corrected chi connectivity index (χ1v) is 13.3. The molecule has 10 heteroatoms. The first-order chi connectivity index (χ1) is 18.4. The number of fused-ring (bicyclic) bond motifs is 2. The molecule has 0 aliphatic carbocycles. The van der Waals surface area contributed by atoms with Gasteiger partial charge < -0.3 is 14.9 Å². The Morgan fingerprint density at radius 2 is 1.67 bits per heavy atom. The number of amides is 2. The number of aliphatic hydroxyl groups is 1. The number of aryl methyl sites for hydroxylation is 1. The average Bonchev–Trinajstić information content (AvgIpc) is 3.41. The lowest BCUT2D eigenvalue weighted by molar-refractivity contribution is -0.145. The lowest BCUT2D eigenvalue weighted by Crippen LogP contribution is -2.30. The van der Waals surface area contributed by atoms with Crippen LogP contribution in [0.25, 0.3) is 16.7 Å². The molecule has 2 amide bonds. The van der Waals surface area contributed by atoms with Gasteiger partial charge in [-0.25, -0.2) is 0 Å². The van der Waals surface area contributed by atoms with Crippen LogP contribution >= 0.6 is 0 Å². The van der Waals surface area contributed by atoms with Crippen LogP contribution in [0.2, 0.25) is 0 Å². The molecule has 1 atom stereocenters. The minimum Gasteiger partial charge on any atom is -0.505 e. The number of imide groups is 1. The van der Waals surface area contributed by atoms with E-state index in [-0.39, 0.29) is 49.1 Å². The number of esters is 1. The summed E-state index contributed by atoms with van der Waals surface area (Å²) in [6, 6.07) is 6.75. The number of carbonyl (C=O) groups excluding carboxylic acids is 3. The molecule has 1 aromatic heterocycles. The van der Waals surface area contributed by atoms with E-state index in [1.165, 1.54) is 9.70 Å². The predicted octanol–water partition coefficient (Wildman–Crippen LogP) is 3.92. The van der Waals surface area contributed by atoms with Gasteiger partial charge in [0.25, 0.3) is 11.8 Å². The molecule has 2 N–H and O–H groups in total. The van der Waals surface area contributed by atoms with Crippen molar-refractivity contribution < 1.29 is 29.3 Å². The Morgan fingerprint density at radius 1 is 1.05 bits per heavy atom. The van der Waals surface area contributed by atoms with Crippen LogP contribution in [0.5, 0.6) is 5.75 Å². The molecule has 1 unspecified atom stereocenters. The summed E-state index contributed by atoms with van der Waals surface area (Å²) in [6.45, 7) is 10.2. The molecule has 0 saturated heterocycles. The maximum absolute atomic E-state index is 12.9. The van der Waals surface area contributed by atoms with Gasteiger partial charge in [0.1, 0.15) is 22.5 Å². The van der Waals surface area contributed by atoms with Crippen molar-refractivity contribution in [3.8, 4) is 11.4 Å². The number of hydrogen-bond donors (Lipinski definition) is 2. The Bertz CT molecular complexity index is 1370. The Hall–Kier alpha value is -3.79. The summed E-state index contributed by atoms with van der Waals surface area (Å²) in [5.74, 6) is -1.16. The number of benzene rings is 2. The van der Waals surface area contributed by atoms with Crippen LogP contribution in [-0.2, 0) is 21.4 Å². The maximum atomic E-state index is 12.9. The number of aliphatic hydroxyl groups excluding tert-OH is 1. The zero-order chi connectivity index (χ0) is 28.5. The Labute approximate surface area is 227 Å². The number of carbonyl (C=O) groups is 3. The second-order valence-corrected chi connectivity index (χ2v) is 11.2. The van der Waals surface area contributed by atoms with Gasteiger partial charge >= 0.3 is 5.97 Å². The molecule has 2 heterocycles. The second kappa shape index (κ2) is 11.1. The van der Waals surface area contributed by atoms with Crippen molar-refractivity contribution in [3.05, 3.63) is 46.5 Å². The highest BCUT2D eigenvalue weighted by Gasteiger charge is 2.36. The molecule has 3 aromatic rings. The van der Waals surface area contributed by atoms with E-state index in [1.54, 1.807) is 25.1 Å². The van der Waals surface area contributed by atoms with E-state index in [4.69, 9.17) is 9.84 Å². The summed E-state index contributed by atoms with van der Waals surface area (Å²) in [4.78, 5) is 40.6. The Balaban J connectivity index is 1.67. The number of phenols is 1. The van der Waals surface area contributed by atoms with Gasteiger partial charge in [0.15, 0.2) is 0 Å². The van der Waals surface area contributed by atoms with Crippen molar-refractivity contribution in [1.29, 1.82) is 0 Å². The van der Waals surface area contributed by atoms with Crippen molar-refractivity contribution in [2.24, 2.45) is 5.92 Å². The minimum absolute atomic E-state index is 0.0105. The standard InChI is InChI=1S/C29H36N4O6/c1-6-7-10-32-27(37)19-13-22-23(14-20(19)28(32)38)31-33(30-22)24-12-18(11-21(26(24)36)29(3,4)5)8-9-25(35)39-16-17(2)15-34/h11-14,17,34,36H,6-10,15-16H2,1-5H3. The van der Waals surface area contributed by atoms with Gasteiger partial charge in [-0.05, 0) is 42.0 Å². The van der Waals surface area contributed by atoms with Gasteiger partial charge in [0, 0.05) is 31.1 Å². The topological polar surface area (TPSA) is 135 Å². The molecule has 0 spiro atoms. The fourth-order valence-corrected chi connectivity index (χ4v) is 4.48. The monoisotopic (exact) mass is 536 g/mol. The smallest absolute Gasteiger partial charge is 0.306 e. The molecular weight excluding hydrogens is 500 g/mol. The van der Waals surface area contributed by atoms with Crippen LogP contribution < -0.4 is 0 Å². The SMILES string of the molecule is CCCCN1C(=O)c2cc3nn(-c4cc(CCC(=O)OCC(C)CO)cc(C(C)(C)C)c4O)nc3cc2C1=O. The summed E-state index contributed by atoms with van der Waals surface area (Å²) < 4.78 is 5.24. The molecule has 0 saturated carbocycles. The van der Waals surface area contributed by atoms with E-state index in [2.05, 4.69) is 10.2 Å². The zero-order valence-corrected chi connectivity index (χ0v) is 23.2. The highest BCUT2D eigenvalue weighted by molar-refractivity contribution is 6.22. The third kappa shape index (κ3) is 5.80. The number of ether oxygens (including phenoxy) is 1. The summed E-state index contributed by atoms with van der Waals surface area (Å²) in [6.07, 6.45) is 2.10. The number of rotatable bonds is 10. The van der Waals surface area contributed by atoms with E-state index < -0.39 is 5.41 Å². The van der Waals surface area contributed by atoms with E-state index >= 15 is 0 Å². The number of aromatic hydroxyl groups is 1. The normalized spacial score (nSPS) is 14.3. The summed E-state index contributed by atoms with van der Waals surface area (Å²) in [7, 11) is 0. The van der Waals surface area contributed by atoms with Crippen LogP contribution in [0.15, 0.2) is 24.3 Å². The molecule has 4 rings (SSSR count). The molecule has 208 valence electrons. The molecular formula is C29H36N4O6. The number of hydrogen-bond acceptors (Lipinski definition) is 8. The fourth-order valence-electron chi connectivity index (χ4n) is 4.48. The number of aromatic nitrogens is 3. The van der Waals surface area contributed by atoms with Gasteiger partial charge in [0.05, 0.1) is 17.7 Å². The van der Waals surface area contributed by atoms with E-state index in [0.717, 1.165) is 18.4 Å². The lowest BCUT2D eigenvalue weighted by atomic mass is 9.84. The second-order valence-electron chi connectivity index (χ2n) is 11.2. The number of phenolic OH excluding ortho intramolecular Hbond substituents is 1. The van der Waals surface area contributed by atoms with Gasteiger partial charge in [-0.15, -0.1) is 15.0 Å². The highest BCUT2D eigenvalue weighted by atomic mass is 16.5. The van der Waals surface area contributed by atoms with E-state index in [9.17, 15) is 19.5 Å². The largest absolute Gasteiger partial charge is 0.505 e. The number of unbranched alkanes of at least 4 members (excludes halogenated alkanes) is 1. The molecule has 1 aliphatic heterocycles. The van der Waals surface area contributed by atoms with Crippen LogP contribution in [0.4, 0.5) is 0 Å². The molecule has 0 fully saturated rings. The molecule has 39 heavy (non-hydrogen) atoms. The lowest BCUT2D eigenvalue weighted by Gasteiger charge is -2.23. The first-order valence-electron chi connectivity index (χ1n) is 13.3. The molecule has 2 aromatic carbocycles. The zero-order valence-electron chi connectivity index (χ0n) is 23.2. The van der Waals surface area contributed by atoms with Crippen LogP contribution in [0.1, 0.15) is 85.7 Å². The third-order valence-electron chi connectivity index (χ3n) is 6.84. The Kier molecular flexibility index (Phi) is 8.06. The predicted molar refractivity (Wildman–Crippen MR) is 145 cm³/mol. The summed E-state index contributed by atoms with van der Waals surface area (Å²) >= 11 is 0. The quantitative estimate of drug-likeness (QED) is 0.294. The van der Waals surface area contributed by atoms with Gasteiger partial charge in [-0.3, -0.25) is 19.3 Å². The van der Waals surface area contributed by atoms with Crippen LogP contribution in [-0.4, -0.2) is 67.6 Å². The Morgan fingerprint density at radius 3 is 2.21 bits per heavy atom. The van der Waals surface area contributed by atoms with Crippen molar-refractivity contribution in [2.75, 3.05) is 19.8 Å². The van der Waals surface area contributed by atoms with Crippen LogP contribution in [0, 0.1) is 5.92 Å². The molecule has 0 radical (unpaired) electrons. The molecule has 1 aliphatic rings. The maximum Gasteiger partial charge on any atom is 0.306 e. The average molecular weight is 537 g/mol. The van der Waals surface area contributed by atoms with E-state index in [1.807, 2.05) is 33.8 Å². The minimum atomic E-state index is -0.416. The van der Waals surface area contributed by atoms with Crippen molar-refractivity contribution in [1.82, 2.24) is 19.9 Å². The van der Waals surface area contributed by atoms with Gasteiger partial charge in [0.2, 0.25) is 0 Å². The fraction of sp³-hybridized carbons (Fsp3) is 0.483. The molecule has 0 bridgehead atoms.